The molecule has 0 amide bonds. The summed E-state index contributed by atoms with van der Waals surface area (Å²) in [4.78, 5) is 2.67. The molecule has 4 nitrogen and oxygen atoms in total. The molecule has 0 spiro atoms. The molecule has 0 aromatic heterocycles. The van der Waals surface area contributed by atoms with Gasteiger partial charge in [0.2, 0.25) is 10.0 Å². The van der Waals surface area contributed by atoms with Crippen molar-refractivity contribution in [1.29, 1.82) is 0 Å². The summed E-state index contributed by atoms with van der Waals surface area (Å²) < 4.78 is 27.2. The van der Waals surface area contributed by atoms with E-state index < -0.39 is 10.0 Å². The number of hydrogen-bond donors (Lipinski definition) is 0. The van der Waals surface area contributed by atoms with E-state index in [0.29, 0.717) is 18.0 Å². The van der Waals surface area contributed by atoms with Gasteiger partial charge in [0.1, 0.15) is 0 Å². The molecule has 3 rings (SSSR count). The maximum Gasteiger partial charge on any atom is 0.243 e. The smallest absolute Gasteiger partial charge is 0.243 e. The van der Waals surface area contributed by atoms with E-state index in [4.69, 9.17) is 0 Å². The number of nitrogens with zero attached hydrogens (tertiary/aromatic N) is 2. The highest BCUT2D eigenvalue weighted by molar-refractivity contribution is 7.89. The molecule has 128 valence electrons. The number of piperazine rings is 1. The third-order valence-corrected chi connectivity index (χ3v) is 6.45. The summed E-state index contributed by atoms with van der Waals surface area (Å²) in [5.41, 5.74) is 4.65. The minimum absolute atomic E-state index is 0.391. The first-order valence-electron chi connectivity index (χ1n) is 8.27. The van der Waals surface area contributed by atoms with Gasteiger partial charge in [0.15, 0.2) is 0 Å². The maximum absolute atomic E-state index is 12.8. The number of aryl methyl sites for hydroxylation is 3. The maximum atomic E-state index is 12.8. The largest absolute Gasteiger partial charge is 0.369 e. The summed E-state index contributed by atoms with van der Waals surface area (Å²) >= 11 is 0. The summed E-state index contributed by atoms with van der Waals surface area (Å²) in [7, 11) is -3.40. The van der Waals surface area contributed by atoms with Gasteiger partial charge in [-0.05, 0) is 50.1 Å². The molecule has 2 aromatic carbocycles. The van der Waals surface area contributed by atoms with E-state index >= 15 is 0 Å². The second kappa shape index (κ2) is 6.57. The fourth-order valence-corrected chi connectivity index (χ4v) is 4.78. The molecule has 1 saturated heterocycles. The number of hydrogen-bond acceptors (Lipinski definition) is 3. The highest BCUT2D eigenvalue weighted by Gasteiger charge is 2.28. The molecule has 0 bridgehead atoms. The Morgan fingerprint density at radius 2 is 1.50 bits per heavy atom. The molecule has 1 heterocycles. The monoisotopic (exact) mass is 344 g/mol. The van der Waals surface area contributed by atoms with Gasteiger partial charge in [-0.2, -0.15) is 4.31 Å². The normalized spacial score (nSPS) is 16.4. The lowest BCUT2D eigenvalue weighted by molar-refractivity contribution is 0.384. The zero-order valence-corrected chi connectivity index (χ0v) is 15.3. The van der Waals surface area contributed by atoms with Crippen molar-refractivity contribution in [1.82, 2.24) is 4.31 Å². The van der Waals surface area contributed by atoms with E-state index in [1.54, 1.807) is 22.5 Å². The van der Waals surface area contributed by atoms with Crippen molar-refractivity contribution in [3.8, 4) is 0 Å². The molecule has 1 fully saturated rings. The Bertz CT molecular complexity index is 838. The number of sulfonamides is 1. The van der Waals surface area contributed by atoms with Crippen LogP contribution in [0.4, 0.5) is 5.69 Å². The van der Waals surface area contributed by atoms with Crippen LogP contribution in [0, 0.1) is 20.8 Å². The second-order valence-corrected chi connectivity index (χ2v) is 8.44. The molecule has 0 saturated carbocycles. The Labute approximate surface area is 144 Å². The quantitative estimate of drug-likeness (QED) is 0.859. The van der Waals surface area contributed by atoms with Gasteiger partial charge >= 0.3 is 0 Å². The van der Waals surface area contributed by atoms with Crippen LogP contribution in [-0.2, 0) is 10.0 Å². The molecule has 2 aromatic rings. The topological polar surface area (TPSA) is 40.6 Å². The van der Waals surface area contributed by atoms with Gasteiger partial charge in [-0.15, -0.1) is 0 Å². The fraction of sp³-hybridized carbons (Fsp3) is 0.368. The van der Waals surface area contributed by atoms with Crippen LogP contribution in [0.2, 0.25) is 0 Å². The van der Waals surface area contributed by atoms with Crippen LogP contribution in [0.3, 0.4) is 0 Å². The van der Waals surface area contributed by atoms with Crippen molar-refractivity contribution in [2.75, 3.05) is 31.1 Å². The SMILES string of the molecule is Cc1cccc(S(=O)(=O)N2CCN(c3ccc(C)cc3C)CC2)c1. The summed E-state index contributed by atoms with van der Waals surface area (Å²) in [6, 6.07) is 13.6. The minimum atomic E-state index is -3.40. The summed E-state index contributed by atoms with van der Waals surface area (Å²) in [5.74, 6) is 0. The van der Waals surface area contributed by atoms with Crippen molar-refractivity contribution in [2.45, 2.75) is 25.7 Å². The van der Waals surface area contributed by atoms with Gasteiger partial charge in [-0.3, -0.25) is 0 Å². The van der Waals surface area contributed by atoms with E-state index in [9.17, 15) is 8.42 Å². The Morgan fingerprint density at radius 1 is 0.833 bits per heavy atom. The molecule has 0 atom stereocenters. The van der Waals surface area contributed by atoms with Crippen LogP contribution in [0.5, 0.6) is 0 Å². The average molecular weight is 344 g/mol. The van der Waals surface area contributed by atoms with Crippen molar-refractivity contribution in [3.05, 3.63) is 59.2 Å². The lowest BCUT2D eigenvalue weighted by Crippen LogP contribution is -2.48. The Kier molecular flexibility index (Phi) is 4.65. The first-order chi connectivity index (χ1) is 11.4. The van der Waals surface area contributed by atoms with Crippen LogP contribution in [0.25, 0.3) is 0 Å². The molecule has 0 aliphatic carbocycles. The van der Waals surface area contributed by atoms with E-state index in [0.717, 1.165) is 18.7 Å². The number of anilines is 1. The molecule has 5 heteroatoms. The summed E-state index contributed by atoms with van der Waals surface area (Å²) in [5, 5.41) is 0. The van der Waals surface area contributed by atoms with E-state index in [2.05, 4.69) is 36.9 Å². The summed E-state index contributed by atoms with van der Waals surface area (Å²) in [6.07, 6.45) is 0. The standard InChI is InChI=1S/C19H24N2O2S/c1-15-5-4-6-18(14-15)24(22,23)21-11-9-20(10-12-21)19-8-7-16(2)13-17(19)3/h4-8,13-14H,9-12H2,1-3H3. The Hall–Kier alpha value is -1.85. The average Bonchev–Trinajstić information content (AvgIpc) is 2.55. The molecule has 1 aliphatic heterocycles. The first kappa shape index (κ1) is 17.0. The zero-order valence-electron chi connectivity index (χ0n) is 14.5. The van der Waals surface area contributed by atoms with Crippen molar-refractivity contribution in [3.63, 3.8) is 0 Å². The van der Waals surface area contributed by atoms with Gasteiger partial charge in [0.25, 0.3) is 0 Å². The van der Waals surface area contributed by atoms with E-state index in [-0.39, 0.29) is 0 Å². The fourth-order valence-electron chi connectivity index (χ4n) is 3.25. The van der Waals surface area contributed by atoms with Gasteiger partial charge in [-0.1, -0.05) is 29.8 Å². The van der Waals surface area contributed by atoms with Gasteiger partial charge in [0.05, 0.1) is 4.90 Å². The van der Waals surface area contributed by atoms with Crippen molar-refractivity contribution in [2.24, 2.45) is 0 Å². The van der Waals surface area contributed by atoms with Crippen molar-refractivity contribution < 1.29 is 8.42 Å². The second-order valence-electron chi connectivity index (χ2n) is 6.50. The van der Waals surface area contributed by atoms with Crippen molar-refractivity contribution >= 4 is 15.7 Å². The third-order valence-electron chi connectivity index (χ3n) is 4.56. The van der Waals surface area contributed by atoms with Crippen LogP contribution < -0.4 is 4.90 Å². The molecular formula is C19H24N2O2S. The third kappa shape index (κ3) is 3.32. The highest BCUT2D eigenvalue weighted by Crippen LogP contribution is 2.24. The van der Waals surface area contributed by atoms with Gasteiger partial charge in [-0.25, -0.2) is 8.42 Å². The molecule has 0 radical (unpaired) electrons. The molecule has 0 N–H and O–H groups in total. The minimum Gasteiger partial charge on any atom is -0.369 e. The van der Waals surface area contributed by atoms with Crippen LogP contribution in [0.1, 0.15) is 16.7 Å². The first-order valence-corrected chi connectivity index (χ1v) is 9.71. The van der Waals surface area contributed by atoms with E-state index in [1.807, 2.05) is 13.0 Å². The predicted octanol–water partition coefficient (Wildman–Crippen LogP) is 3.12. The lowest BCUT2D eigenvalue weighted by atomic mass is 10.1. The van der Waals surface area contributed by atoms with Crippen LogP contribution >= 0.6 is 0 Å². The van der Waals surface area contributed by atoms with Gasteiger partial charge in [0, 0.05) is 31.9 Å². The molecule has 1 aliphatic rings. The summed E-state index contributed by atoms with van der Waals surface area (Å²) in [6.45, 7) is 8.58. The van der Waals surface area contributed by atoms with Crippen LogP contribution in [0.15, 0.2) is 47.4 Å². The van der Waals surface area contributed by atoms with Crippen LogP contribution in [-0.4, -0.2) is 38.9 Å². The highest BCUT2D eigenvalue weighted by atomic mass is 32.2. The predicted molar refractivity (Wildman–Crippen MR) is 98.1 cm³/mol. The van der Waals surface area contributed by atoms with Gasteiger partial charge < -0.3 is 4.90 Å². The molecular weight excluding hydrogens is 320 g/mol. The molecule has 24 heavy (non-hydrogen) atoms. The zero-order chi connectivity index (χ0) is 17.3. The number of benzene rings is 2. The molecule has 0 unspecified atom stereocenters. The lowest BCUT2D eigenvalue weighted by Gasteiger charge is -2.36. The Morgan fingerprint density at radius 3 is 2.12 bits per heavy atom. The Balaban J connectivity index is 1.75. The number of rotatable bonds is 3. The van der Waals surface area contributed by atoms with E-state index in [1.165, 1.54) is 16.8 Å².